The minimum atomic E-state index is 0.977. The van der Waals surface area contributed by atoms with Crippen LogP contribution in [0.2, 0.25) is 0 Å². The number of hydrogen-bond acceptors (Lipinski definition) is 1. The lowest BCUT2D eigenvalue weighted by Gasteiger charge is -2.04. The van der Waals surface area contributed by atoms with E-state index in [-0.39, 0.29) is 0 Å². The number of hydrogen-bond donors (Lipinski definition) is 0. The van der Waals surface area contributed by atoms with Crippen LogP contribution in [-0.4, -0.2) is 13.2 Å². The van der Waals surface area contributed by atoms with Crippen molar-refractivity contribution in [2.75, 3.05) is 13.2 Å². The number of unbranched alkanes of at least 4 members (excludes halogenated alkanes) is 11. The normalized spacial score (nSPS) is 11.0. The Morgan fingerprint density at radius 1 is 0.611 bits per heavy atom. The molecule has 0 amide bonds. The molecule has 0 N–H and O–H groups in total. The molecule has 18 heavy (non-hydrogen) atoms. The monoisotopic (exact) mass is 255 g/mol. The van der Waals surface area contributed by atoms with Crippen molar-refractivity contribution in [3.05, 3.63) is 6.92 Å². The molecular weight excluding hydrogens is 220 g/mol. The molecule has 1 heteroatoms. The van der Waals surface area contributed by atoms with Crippen LogP contribution in [0.3, 0.4) is 0 Å². The molecule has 0 fully saturated rings. The molecule has 1 nitrogen and oxygen atoms in total. The van der Waals surface area contributed by atoms with Crippen LogP contribution in [-0.2, 0) is 4.74 Å². The fourth-order valence-corrected chi connectivity index (χ4v) is 2.17. The van der Waals surface area contributed by atoms with Gasteiger partial charge in [0, 0.05) is 13.2 Å². The van der Waals surface area contributed by atoms with E-state index in [1.54, 1.807) is 0 Å². The number of ether oxygens (including phenoxy) is 1. The largest absolute Gasteiger partial charge is 0.381 e. The maximum atomic E-state index is 5.63. The highest BCUT2D eigenvalue weighted by molar-refractivity contribution is 4.48. The molecule has 0 bridgehead atoms. The Balaban J connectivity index is 2.86. The van der Waals surface area contributed by atoms with Crippen LogP contribution in [0.25, 0.3) is 0 Å². The van der Waals surface area contributed by atoms with Gasteiger partial charge in [-0.1, -0.05) is 84.5 Å². The molecule has 0 saturated carbocycles. The van der Waals surface area contributed by atoms with E-state index in [4.69, 9.17) is 4.74 Å². The quantitative estimate of drug-likeness (QED) is 0.330. The molecule has 109 valence electrons. The Bertz CT molecular complexity index is 118. The summed E-state index contributed by atoms with van der Waals surface area (Å²) in [6.07, 6.45) is 17.3. The van der Waals surface area contributed by atoms with Gasteiger partial charge in [0.1, 0.15) is 0 Å². The van der Waals surface area contributed by atoms with Crippen molar-refractivity contribution in [2.24, 2.45) is 0 Å². The molecule has 0 aliphatic heterocycles. The highest BCUT2D eigenvalue weighted by Gasteiger charge is 1.93. The van der Waals surface area contributed by atoms with Gasteiger partial charge in [-0.2, -0.15) is 0 Å². The van der Waals surface area contributed by atoms with Crippen molar-refractivity contribution in [3.8, 4) is 0 Å². The molecule has 0 aromatic heterocycles. The molecule has 0 aliphatic carbocycles. The fourth-order valence-electron chi connectivity index (χ4n) is 2.17. The van der Waals surface area contributed by atoms with E-state index in [1.807, 2.05) is 0 Å². The Morgan fingerprint density at radius 2 is 1.06 bits per heavy atom. The average molecular weight is 255 g/mol. The van der Waals surface area contributed by atoms with E-state index < -0.39 is 0 Å². The zero-order chi connectivity index (χ0) is 13.3. The molecule has 0 unspecified atom stereocenters. The van der Waals surface area contributed by atoms with Crippen LogP contribution < -0.4 is 0 Å². The van der Waals surface area contributed by atoms with Crippen LogP contribution in [0.4, 0.5) is 0 Å². The zero-order valence-corrected chi connectivity index (χ0v) is 12.7. The smallest absolute Gasteiger partial charge is 0.0466 e. The maximum Gasteiger partial charge on any atom is 0.0466 e. The third-order valence-electron chi connectivity index (χ3n) is 3.43. The van der Waals surface area contributed by atoms with E-state index in [1.165, 1.54) is 77.0 Å². The average Bonchev–Trinajstić information content (AvgIpc) is 2.39. The highest BCUT2D eigenvalue weighted by atomic mass is 16.5. The standard InChI is InChI=1S/C17H35O/c1-3-5-7-9-10-11-12-13-15-17-18-16-14-8-6-4-2/h1,3-17H2,2H3. The predicted octanol–water partition coefficient (Wildman–Crippen LogP) is 5.93. The molecule has 0 heterocycles. The lowest BCUT2D eigenvalue weighted by molar-refractivity contribution is 0.125. The molecule has 0 atom stereocenters. The van der Waals surface area contributed by atoms with Gasteiger partial charge in [0.2, 0.25) is 0 Å². The topological polar surface area (TPSA) is 9.23 Å². The second kappa shape index (κ2) is 17.0. The van der Waals surface area contributed by atoms with Gasteiger partial charge in [-0.15, -0.1) is 0 Å². The van der Waals surface area contributed by atoms with Crippen molar-refractivity contribution in [2.45, 2.75) is 90.4 Å². The van der Waals surface area contributed by atoms with E-state index in [2.05, 4.69) is 13.8 Å². The summed E-state index contributed by atoms with van der Waals surface area (Å²) in [5.74, 6) is 0. The first-order chi connectivity index (χ1) is 8.91. The van der Waals surface area contributed by atoms with Crippen molar-refractivity contribution >= 4 is 0 Å². The molecule has 0 rings (SSSR count). The fraction of sp³-hybridized carbons (Fsp3) is 0.941. The van der Waals surface area contributed by atoms with Gasteiger partial charge in [0.05, 0.1) is 0 Å². The number of rotatable bonds is 15. The Morgan fingerprint density at radius 3 is 1.56 bits per heavy atom. The Labute approximate surface area is 116 Å². The van der Waals surface area contributed by atoms with E-state index in [0.717, 1.165) is 19.6 Å². The lowest BCUT2D eigenvalue weighted by atomic mass is 10.1. The van der Waals surface area contributed by atoms with E-state index >= 15 is 0 Å². The molecule has 0 saturated heterocycles. The third kappa shape index (κ3) is 16.0. The van der Waals surface area contributed by atoms with Gasteiger partial charge in [-0.25, -0.2) is 0 Å². The molecule has 0 aromatic rings. The Hall–Kier alpha value is -0.0400. The Kier molecular flexibility index (Phi) is 16.9. The summed E-state index contributed by atoms with van der Waals surface area (Å²) < 4.78 is 5.63. The zero-order valence-electron chi connectivity index (χ0n) is 12.7. The summed E-state index contributed by atoms with van der Waals surface area (Å²) in [7, 11) is 0. The second-order valence-electron chi connectivity index (χ2n) is 5.36. The first kappa shape index (κ1) is 18.0. The summed E-state index contributed by atoms with van der Waals surface area (Å²) in [6, 6.07) is 0. The van der Waals surface area contributed by atoms with Crippen LogP contribution >= 0.6 is 0 Å². The summed E-state index contributed by atoms with van der Waals surface area (Å²) in [6.45, 7) is 8.08. The van der Waals surface area contributed by atoms with Gasteiger partial charge in [-0.05, 0) is 12.8 Å². The molecule has 1 radical (unpaired) electrons. The van der Waals surface area contributed by atoms with Gasteiger partial charge >= 0.3 is 0 Å². The van der Waals surface area contributed by atoms with Gasteiger partial charge < -0.3 is 4.74 Å². The van der Waals surface area contributed by atoms with Gasteiger partial charge in [-0.3, -0.25) is 0 Å². The van der Waals surface area contributed by atoms with E-state index in [9.17, 15) is 0 Å². The molecule has 0 aromatic carbocycles. The maximum absolute atomic E-state index is 5.63. The molecule has 0 spiro atoms. The SMILES string of the molecule is [CH2]CCCCCCCCCCOCCCCCC. The van der Waals surface area contributed by atoms with E-state index in [0.29, 0.717) is 0 Å². The van der Waals surface area contributed by atoms with Crippen LogP contribution in [0, 0.1) is 6.92 Å². The van der Waals surface area contributed by atoms with Gasteiger partial charge in [0.15, 0.2) is 0 Å². The summed E-state index contributed by atoms with van der Waals surface area (Å²) in [5, 5.41) is 0. The van der Waals surface area contributed by atoms with Crippen LogP contribution in [0.5, 0.6) is 0 Å². The van der Waals surface area contributed by atoms with Crippen molar-refractivity contribution in [1.29, 1.82) is 0 Å². The summed E-state index contributed by atoms with van der Waals surface area (Å²) in [5.41, 5.74) is 0. The molecule has 0 aliphatic rings. The summed E-state index contributed by atoms with van der Waals surface area (Å²) in [4.78, 5) is 0. The van der Waals surface area contributed by atoms with Crippen LogP contribution in [0.15, 0.2) is 0 Å². The lowest BCUT2D eigenvalue weighted by Crippen LogP contribution is -1.97. The van der Waals surface area contributed by atoms with Crippen molar-refractivity contribution in [3.63, 3.8) is 0 Å². The highest BCUT2D eigenvalue weighted by Crippen LogP contribution is 2.09. The van der Waals surface area contributed by atoms with Gasteiger partial charge in [0.25, 0.3) is 0 Å². The second-order valence-corrected chi connectivity index (χ2v) is 5.36. The van der Waals surface area contributed by atoms with Crippen molar-refractivity contribution < 1.29 is 4.74 Å². The van der Waals surface area contributed by atoms with Crippen LogP contribution in [0.1, 0.15) is 90.4 Å². The van der Waals surface area contributed by atoms with Crippen molar-refractivity contribution in [1.82, 2.24) is 0 Å². The summed E-state index contributed by atoms with van der Waals surface area (Å²) >= 11 is 0. The minimum absolute atomic E-state index is 0.977. The minimum Gasteiger partial charge on any atom is -0.381 e. The first-order valence-corrected chi connectivity index (χ1v) is 8.28. The first-order valence-electron chi connectivity index (χ1n) is 8.28. The predicted molar refractivity (Wildman–Crippen MR) is 81.9 cm³/mol. The molecular formula is C17H35O. The third-order valence-corrected chi connectivity index (χ3v) is 3.43.